The molecular formula is C18H19ClN2O2. The highest BCUT2D eigenvalue weighted by Gasteiger charge is 2.11. The smallest absolute Gasteiger partial charge is 0.253 e. The molecule has 23 heavy (non-hydrogen) atoms. The Morgan fingerprint density at radius 3 is 2.30 bits per heavy atom. The Labute approximate surface area is 140 Å². The first-order valence-electron chi connectivity index (χ1n) is 7.40. The van der Waals surface area contributed by atoms with Crippen LogP contribution in [0.1, 0.15) is 35.7 Å². The Balaban J connectivity index is 1.88. The number of carbonyl (C=O) groups is 2. The number of hydrogen-bond acceptors (Lipinski definition) is 2. The summed E-state index contributed by atoms with van der Waals surface area (Å²) in [7, 11) is 0. The Bertz CT molecular complexity index is 696. The molecule has 0 atom stereocenters. The third-order valence-electron chi connectivity index (χ3n) is 3.39. The molecule has 5 heteroatoms. The topological polar surface area (TPSA) is 58.2 Å². The summed E-state index contributed by atoms with van der Waals surface area (Å²) in [5.41, 5.74) is 2.25. The van der Waals surface area contributed by atoms with Gasteiger partial charge in [0.05, 0.1) is 17.1 Å². The van der Waals surface area contributed by atoms with Gasteiger partial charge >= 0.3 is 0 Å². The molecule has 2 rings (SSSR count). The van der Waals surface area contributed by atoms with Crippen LogP contribution in [0.5, 0.6) is 0 Å². The van der Waals surface area contributed by atoms with Crippen molar-refractivity contribution in [2.45, 2.75) is 19.8 Å². The van der Waals surface area contributed by atoms with Crippen LogP contribution in [-0.4, -0.2) is 18.4 Å². The van der Waals surface area contributed by atoms with Crippen molar-refractivity contribution >= 4 is 29.1 Å². The average molecular weight is 331 g/mol. The van der Waals surface area contributed by atoms with Gasteiger partial charge in [0, 0.05) is 5.69 Å². The van der Waals surface area contributed by atoms with Crippen molar-refractivity contribution < 1.29 is 9.59 Å². The van der Waals surface area contributed by atoms with E-state index in [9.17, 15) is 9.59 Å². The van der Waals surface area contributed by atoms with Crippen molar-refractivity contribution in [3.63, 3.8) is 0 Å². The minimum atomic E-state index is -0.374. The number of carbonyl (C=O) groups excluding carboxylic acids is 2. The summed E-state index contributed by atoms with van der Waals surface area (Å²) in [6.07, 6.45) is 0. The molecule has 0 fully saturated rings. The number of nitrogens with one attached hydrogen (secondary N) is 2. The molecular weight excluding hydrogens is 312 g/mol. The van der Waals surface area contributed by atoms with E-state index in [1.165, 1.54) is 5.56 Å². The quantitative estimate of drug-likeness (QED) is 0.875. The molecule has 0 spiro atoms. The summed E-state index contributed by atoms with van der Waals surface area (Å²) in [6, 6.07) is 14.4. The summed E-state index contributed by atoms with van der Waals surface area (Å²) in [5, 5.41) is 5.65. The molecule has 0 bridgehead atoms. The summed E-state index contributed by atoms with van der Waals surface area (Å²) in [6.45, 7) is 4.10. The lowest BCUT2D eigenvalue weighted by molar-refractivity contribution is -0.115. The first-order valence-corrected chi connectivity index (χ1v) is 7.77. The lowest BCUT2D eigenvalue weighted by Gasteiger charge is -2.09. The number of amides is 2. The molecule has 2 aromatic carbocycles. The molecule has 2 aromatic rings. The van der Waals surface area contributed by atoms with Gasteiger partial charge in [0.15, 0.2) is 0 Å². The molecule has 2 N–H and O–H groups in total. The van der Waals surface area contributed by atoms with E-state index in [4.69, 9.17) is 11.6 Å². The van der Waals surface area contributed by atoms with Gasteiger partial charge in [0.1, 0.15) is 0 Å². The minimum Gasteiger partial charge on any atom is -0.343 e. The van der Waals surface area contributed by atoms with Crippen LogP contribution in [0.15, 0.2) is 48.5 Å². The maximum absolute atomic E-state index is 12.0. The number of anilines is 1. The molecule has 0 aliphatic heterocycles. The zero-order chi connectivity index (χ0) is 16.8. The van der Waals surface area contributed by atoms with Gasteiger partial charge in [-0.25, -0.2) is 0 Å². The van der Waals surface area contributed by atoms with Crippen molar-refractivity contribution in [3.8, 4) is 0 Å². The predicted octanol–water partition coefficient (Wildman–Crippen LogP) is 3.83. The van der Waals surface area contributed by atoms with Crippen LogP contribution < -0.4 is 10.6 Å². The maximum Gasteiger partial charge on any atom is 0.253 e. The average Bonchev–Trinajstić information content (AvgIpc) is 2.53. The van der Waals surface area contributed by atoms with E-state index in [1.54, 1.807) is 24.3 Å². The van der Waals surface area contributed by atoms with E-state index >= 15 is 0 Å². The van der Waals surface area contributed by atoms with Crippen molar-refractivity contribution in [1.29, 1.82) is 0 Å². The van der Waals surface area contributed by atoms with E-state index in [0.717, 1.165) is 0 Å². The van der Waals surface area contributed by atoms with E-state index in [2.05, 4.69) is 24.5 Å². The van der Waals surface area contributed by atoms with Gasteiger partial charge in [-0.15, -0.1) is 0 Å². The van der Waals surface area contributed by atoms with Crippen LogP contribution in [0.4, 0.5) is 5.69 Å². The first kappa shape index (κ1) is 17.0. The molecule has 0 unspecified atom stereocenters. The number of hydrogen-bond donors (Lipinski definition) is 2. The Kier molecular flexibility index (Phi) is 5.77. The lowest BCUT2D eigenvalue weighted by atomic mass is 10.0. The van der Waals surface area contributed by atoms with E-state index in [0.29, 0.717) is 22.2 Å². The van der Waals surface area contributed by atoms with E-state index in [1.807, 2.05) is 24.3 Å². The Hall–Kier alpha value is -2.33. The zero-order valence-electron chi connectivity index (χ0n) is 13.1. The van der Waals surface area contributed by atoms with Gasteiger partial charge in [0.25, 0.3) is 5.91 Å². The van der Waals surface area contributed by atoms with Gasteiger partial charge in [0.2, 0.25) is 5.91 Å². The van der Waals surface area contributed by atoms with Gasteiger partial charge in [-0.2, -0.15) is 0 Å². The molecule has 4 nitrogen and oxygen atoms in total. The summed E-state index contributed by atoms with van der Waals surface area (Å²) in [4.78, 5) is 23.9. The molecule has 0 saturated heterocycles. The number of benzene rings is 2. The lowest BCUT2D eigenvalue weighted by Crippen LogP contribution is -2.33. The minimum absolute atomic E-state index is 0.115. The molecule has 0 aliphatic rings. The van der Waals surface area contributed by atoms with Gasteiger partial charge in [-0.05, 0) is 35.7 Å². The van der Waals surface area contributed by atoms with Gasteiger partial charge in [-0.1, -0.05) is 49.7 Å². The van der Waals surface area contributed by atoms with Crippen molar-refractivity contribution in [1.82, 2.24) is 5.32 Å². The predicted molar refractivity (Wildman–Crippen MR) is 92.9 cm³/mol. The van der Waals surface area contributed by atoms with Crippen LogP contribution in [0.3, 0.4) is 0 Å². The second-order valence-electron chi connectivity index (χ2n) is 5.49. The monoisotopic (exact) mass is 330 g/mol. The number of halogens is 1. The summed E-state index contributed by atoms with van der Waals surface area (Å²) in [5.74, 6) is -0.224. The Morgan fingerprint density at radius 1 is 1.04 bits per heavy atom. The van der Waals surface area contributed by atoms with Crippen molar-refractivity contribution in [3.05, 3.63) is 64.7 Å². The molecule has 120 valence electrons. The fourth-order valence-electron chi connectivity index (χ4n) is 2.06. The van der Waals surface area contributed by atoms with Crippen LogP contribution in [-0.2, 0) is 4.79 Å². The van der Waals surface area contributed by atoms with E-state index < -0.39 is 0 Å². The standard InChI is InChI=1S/C18H19ClN2O2/c1-12(2)13-7-9-14(10-8-13)21-17(22)11-20-18(23)15-5-3-4-6-16(15)19/h3-10,12H,11H2,1-2H3,(H,20,23)(H,21,22). The molecule has 0 aliphatic carbocycles. The number of rotatable bonds is 5. The normalized spacial score (nSPS) is 10.4. The highest BCUT2D eigenvalue weighted by atomic mass is 35.5. The maximum atomic E-state index is 12.0. The molecule has 0 saturated carbocycles. The van der Waals surface area contributed by atoms with E-state index in [-0.39, 0.29) is 18.4 Å². The molecule has 2 amide bonds. The van der Waals surface area contributed by atoms with Gasteiger partial charge in [-0.3, -0.25) is 9.59 Å². The second kappa shape index (κ2) is 7.79. The molecule has 0 aromatic heterocycles. The van der Waals surface area contributed by atoms with Crippen LogP contribution >= 0.6 is 11.6 Å². The van der Waals surface area contributed by atoms with Crippen LogP contribution in [0.25, 0.3) is 0 Å². The molecule has 0 heterocycles. The van der Waals surface area contributed by atoms with Crippen molar-refractivity contribution in [2.75, 3.05) is 11.9 Å². The summed E-state index contributed by atoms with van der Waals surface area (Å²) >= 11 is 5.94. The molecule has 0 radical (unpaired) electrons. The Morgan fingerprint density at radius 2 is 1.70 bits per heavy atom. The highest BCUT2D eigenvalue weighted by molar-refractivity contribution is 6.33. The zero-order valence-corrected chi connectivity index (χ0v) is 13.9. The van der Waals surface area contributed by atoms with Gasteiger partial charge < -0.3 is 10.6 Å². The summed E-state index contributed by atoms with van der Waals surface area (Å²) < 4.78 is 0. The SMILES string of the molecule is CC(C)c1ccc(NC(=O)CNC(=O)c2ccccc2Cl)cc1. The third-order valence-corrected chi connectivity index (χ3v) is 3.72. The fraction of sp³-hybridized carbons (Fsp3) is 0.222. The first-order chi connectivity index (χ1) is 11.0. The van der Waals surface area contributed by atoms with Crippen LogP contribution in [0.2, 0.25) is 5.02 Å². The largest absolute Gasteiger partial charge is 0.343 e. The third kappa shape index (κ3) is 4.83. The van der Waals surface area contributed by atoms with Crippen molar-refractivity contribution in [2.24, 2.45) is 0 Å². The second-order valence-corrected chi connectivity index (χ2v) is 5.89. The fourth-order valence-corrected chi connectivity index (χ4v) is 2.28. The highest BCUT2D eigenvalue weighted by Crippen LogP contribution is 2.17. The van der Waals surface area contributed by atoms with Crippen LogP contribution in [0, 0.1) is 0 Å².